The van der Waals surface area contributed by atoms with Crippen LogP contribution in [0.3, 0.4) is 0 Å². The van der Waals surface area contributed by atoms with E-state index in [1.807, 2.05) is 0 Å². The summed E-state index contributed by atoms with van der Waals surface area (Å²) in [6.07, 6.45) is 6.25. The van der Waals surface area contributed by atoms with Gasteiger partial charge in [-0.25, -0.2) is 4.79 Å². The van der Waals surface area contributed by atoms with Crippen LogP contribution in [0.5, 0.6) is 5.75 Å². The Morgan fingerprint density at radius 1 is 1.15 bits per heavy atom. The van der Waals surface area contributed by atoms with Crippen molar-refractivity contribution >= 4 is 11.7 Å². The summed E-state index contributed by atoms with van der Waals surface area (Å²) in [5.41, 5.74) is -0.317. The van der Waals surface area contributed by atoms with Crippen LogP contribution < -0.4 is 4.74 Å². The van der Waals surface area contributed by atoms with Crippen LogP contribution in [0.1, 0.15) is 56.3 Å². The smallest absolute Gasteiger partial charge is 0.335 e. The first kappa shape index (κ1) is 18.2. The standard InChI is InChI=1S/C20H25NO6/c1-20(2,26-17-10-13(19(22)23)3-4-16(17)21(24)25)27-18-14-6-11-5-12(8-14)9-15(18)7-11/h3-4,10-12,14-15,18H,5-9H2,1-2H3,(H,22,23). The lowest BCUT2D eigenvalue weighted by atomic mass is 9.55. The second-order valence-corrected chi connectivity index (χ2v) is 8.76. The van der Waals surface area contributed by atoms with Crippen molar-refractivity contribution in [2.75, 3.05) is 0 Å². The van der Waals surface area contributed by atoms with Gasteiger partial charge in [-0.2, -0.15) is 0 Å². The van der Waals surface area contributed by atoms with Crippen LogP contribution in [-0.2, 0) is 4.74 Å². The molecule has 0 amide bonds. The molecule has 4 bridgehead atoms. The zero-order valence-electron chi connectivity index (χ0n) is 15.6. The fraction of sp³-hybridized carbons (Fsp3) is 0.650. The highest BCUT2D eigenvalue weighted by molar-refractivity contribution is 5.88. The number of carbonyl (C=O) groups is 1. The molecule has 0 spiro atoms. The molecule has 4 fully saturated rings. The van der Waals surface area contributed by atoms with E-state index in [1.165, 1.54) is 44.2 Å². The Labute approximate surface area is 157 Å². The number of nitrogens with zero attached hydrogens (tertiary/aromatic N) is 1. The van der Waals surface area contributed by atoms with Crippen molar-refractivity contribution in [3.8, 4) is 5.75 Å². The third-order valence-corrected chi connectivity index (χ3v) is 6.32. The fourth-order valence-corrected chi connectivity index (χ4v) is 5.56. The first-order chi connectivity index (χ1) is 12.7. The molecule has 0 aliphatic heterocycles. The number of carboxylic acid groups (broad SMARTS) is 1. The van der Waals surface area contributed by atoms with Gasteiger partial charge in [0, 0.05) is 26.0 Å². The van der Waals surface area contributed by atoms with Gasteiger partial charge in [0.05, 0.1) is 16.6 Å². The van der Waals surface area contributed by atoms with Crippen LogP contribution in [0.25, 0.3) is 0 Å². The van der Waals surface area contributed by atoms with Gasteiger partial charge in [0.2, 0.25) is 11.5 Å². The Bertz CT molecular complexity index is 746. The number of nitro benzene ring substituents is 1. The van der Waals surface area contributed by atoms with Gasteiger partial charge >= 0.3 is 11.7 Å². The largest absolute Gasteiger partial charge is 0.478 e. The molecule has 1 N–H and O–H groups in total. The molecular formula is C20H25NO6. The summed E-state index contributed by atoms with van der Waals surface area (Å²) >= 11 is 0. The number of hydrogen-bond donors (Lipinski definition) is 1. The molecule has 0 radical (unpaired) electrons. The maximum atomic E-state index is 11.3. The normalized spacial score (nSPS) is 31.7. The van der Waals surface area contributed by atoms with E-state index in [9.17, 15) is 20.0 Å². The number of nitro groups is 1. The predicted octanol–water partition coefficient (Wildman–Crippen LogP) is 4.25. The third-order valence-electron chi connectivity index (χ3n) is 6.32. The minimum absolute atomic E-state index is 0.0546. The Balaban J connectivity index is 1.54. The number of hydrogen-bond acceptors (Lipinski definition) is 5. The number of benzene rings is 1. The number of ether oxygens (including phenoxy) is 2. The highest BCUT2D eigenvalue weighted by Crippen LogP contribution is 2.55. The molecule has 4 saturated carbocycles. The molecule has 0 heterocycles. The minimum Gasteiger partial charge on any atom is -0.478 e. The van der Waals surface area contributed by atoms with Gasteiger partial charge in [-0.3, -0.25) is 10.1 Å². The molecule has 4 aliphatic rings. The summed E-state index contributed by atoms with van der Waals surface area (Å²) in [5, 5.41) is 20.5. The first-order valence-corrected chi connectivity index (χ1v) is 9.60. The maximum Gasteiger partial charge on any atom is 0.335 e. The molecule has 7 nitrogen and oxygen atoms in total. The average Bonchev–Trinajstić information content (AvgIpc) is 2.56. The van der Waals surface area contributed by atoms with Crippen LogP contribution in [-0.4, -0.2) is 27.9 Å². The first-order valence-electron chi connectivity index (χ1n) is 9.60. The summed E-state index contributed by atoms with van der Waals surface area (Å²) in [4.78, 5) is 22.0. The summed E-state index contributed by atoms with van der Waals surface area (Å²) < 4.78 is 12.2. The van der Waals surface area contributed by atoms with Gasteiger partial charge in [-0.1, -0.05) is 0 Å². The predicted molar refractivity (Wildman–Crippen MR) is 96.7 cm³/mol. The zero-order chi connectivity index (χ0) is 19.3. The van der Waals surface area contributed by atoms with E-state index < -0.39 is 16.7 Å². The lowest BCUT2D eigenvalue weighted by Crippen LogP contribution is -2.52. The lowest BCUT2D eigenvalue weighted by molar-refractivity contribution is -0.387. The minimum atomic E-state index is -1.16. The molecule has 0 aromatic heterocycles. The molecule has 27 heavy (non-hydrogen) atoms. The van der Waals surface area contributed by atoms with Gasteiger partial charge in [-0.15, -0.1) is 0 Å². The van der Waals surface area contributed by atoms with Crippen LogP contribution in [0.4, 0.5) is 5.69 Å². The van der Waals surface area contributed by atoms with Crippen LogP contribution in [0, 0.1) is 33.8 Å². The summed E-state index contributed by atoms with van der Waals surface area (Å²) in [5.74, 6) is 0.397. The summed E-state index contributed by atoms with van der Waals surface area (Å²) in [6.45, 7) is 3.49. The van der Waals surface area contributed by atoms with Gasteiger partial charge in [-0.05, 0) is 61.8 Å². The van der Waals surface area contributed by atoms with E-state index in [0.29, 0.717) is 11.8 Å². The van der Waals surface area contributed by atoms with Crippen LogP contribution in [0.15, 0.2) is 18.2 Å². The molecule has 0 atom stereocenters. The summed E-state index contributed by atoms with van der Waals surface area (Å²) in [7, 11) is 0. The molecule has 146 valence electrons. The second kappa shape index (κ2) is 6.48. The van der Waals surface area contributed by atoms with E-state index >= 15 is 0 Å². The highest BCUT2D eigenvalue weighted by atomic mass is 16.7. The van der Waals surface area contributed by atoms with Gasteiger partial charge < -0.3 is 14.6 Å². The van der Waals surface area contributed by atoms with Crippen molar-refractivity contribution in [1.82, 2.24) is 0 Å². The molecule has 0 unspecified atom stereocenters. The summed E-state index contributed by atoms with van der Waals surface area (Å²) in [6, 6.07) is 3.57. The average molecular weight is 375 g/mol. The second-order valence-electron chi connectivity index (χ2n) is 8.76. The Morgan fingerprint density at radius 2 is 1.74 bits per heavy atom. The number of rotatable bonds is 6. The van der Waals surface area contributed by atoms with Crippen LogP contribution in [0.2, 0.25) is 0 Å². The van der Waals surface area contributed by atoms with E-state index in [-0.39, 0.29) is 23.1 Å². The Morgan fingerprint density at radius 3 is 2.26 bits per heavy atom. The number of aromatic carboxylic acids is 1. The molecule has 0 saturated heterocycles. The van der Waals surface area contributed by atoms with E-state index in [1.54, 1.807) is 13.8 Å². The van der Waals surface area contributed by atoms with Crippen molar-refractivity contribution in [3.63, 3.8) is 0 Å². The van der Waals surface area contributed by atoms with E-state index in [0.717, 1.165) is 17.9 Å². The van der Waals surface area contributed by atoms with E-state index in [4.69, 9.17) is 9.47 Å². The quantitative estimate of drug-likeness (QED) is 0.453. The van der Waals surface area contributed by atoms with Gasteiger partial charge in [0.1, 0.15) is 0 Å². The van der Waals surface area contributed by atoms with Crippen molar-refractivity contribution in [2.45, 2.75) is 57.8 Å². The molecule has 1 aromatic carbocycles. The SMILES string of the molecule is CC(C)(Oc1cc(C(=O)O)ccc1[N+](=O)[O-])OC1C2CC3CC(C2)CC1C3. The van der Waals surface area contributed by atoms with E-state index in [2.05, 4.69) is 0 Å². The Hall–Kier alpha value is -2.15. The van der Waals surface area contributed by atoms with Crippen molar-refractivity contribution in [1.29, 1.82) is 0 Å². The topological polar surface area (TPSA) is 98.9 Å². The van der Waals surface area contributed by atoms with Crippen molar-refractivity contribution < 1.29 is 24.3 Å². The van der Waals surface area contributed by atoms with Crippen molar-refractivity contribution in [2.24, 2.45) is 23.7 Å². The maximum absolute atomic E-state index is 11.3. The fourth-order valence-electron chi connectivity index (χ4n) is 5.56. The number of carboxylic acids is 1. The molecule has 4 aliphatic carbocycles. The van der Waals surface area contributed by atoms with Crippen molar-refractivity contribution in [3.05, 3.63) is 33.9 Å². The zero-order valence-corrected chi connectivity index (χ0v) is 15.6. The molecular weight excluding hydrogens is 350 g/mol. The van der Waals surface area contributed by atoms with Crippen LogP contribution >= 0.6 is 0 Å². The van der Waals surface area contributed by atoms with Gasteiger partial charge in [0.15, 0.2) is 0 Å². The molecule has 7 heteroatoms. The monoisotopic (exact) mass is 375 g/mol. The Kier molecular flexibility index (Phi) is 4.37. The van der Waals surface area contributed by atoms with Gasteiger partial charge in [0.25, 0.3) is 0 Å². The highest BCUT2D eigenvalue weighted by Gasteiger charge is 2.50. The third kappa shape index (κ3) is 3.52. The molecule has 5 rings (SSSR count). The molecule has 1 aromatic rings. The lowest BCUT2D eigenvalue weighted by Gasteiger charge is -2.55.